The quantitative estimate of drug-likeness (QED) is 0.761. The predicted molar refractivity (Wildman–Crippen MR) is 88.8 cm³/mol. The van der Waals surface area contributed by atoms with E-state index in [4.69, 9.17) is 10.4 Å². The first-order valence-electron chi connectivity index (χ1n) is 7.57. The number of carbonyl (C=O) groups is 1. The van der Waals surface area contributed by atoms with Crippen molar-refractivity contribution in [1.82, 2.24) is 5.32 Å². The Morgan fingerprint density at radius 2 is 2.00 bits per heavy atom. The van der Waals surface area contributed by atoms with Crippen LogP contribution in [0.25, 0.3) is 0 Å². The number of nitrogens with one attached hydrogen (secondary N) is 2. The third-order valence-corrected chi connectivity index (χ3v) is 3.50. The molecule has 3 N–H and O–H groups in total. The van der Waals surface area contributed by atoms with E-state index in [2.05, 4.69) is 10.6 Å². The number of rotatable bonds is 6. The molecule has 0 radical (unpaired) electrons. The van der Waals surface area contributed by atoms with Gasteiger partial charge in [0.15, 0.2) is 0 Å². The first-order valence-corrected chi connectivity index (χ1v) is 7.57. The van der Waals surface area contributed by atoms with Crippen molar-refractivity contribution in [1.29, 1.82) is 5.26 Å². The van der Waals surface area contributed by atoms with E-state index < -0.39 is 11.8 Å². The SMILES string of the molecule is N#Cc1cc(NC(=O)NC(CCCO)c2ccccc2)ccc1F. The van der Waals surface area contributed by atoms with Gasteiger partial charge in [-0.15, -0.1) is 0 Å². The number of hydrogen-bond acceptors (Lipinski definition) is 3. The van der Waals surface area contributed by atoms with Gasteiger partial charge in [0.1, 0.15) is 11.9 Å². The highest BCUT2D eigenvalue weighted by atomic mass is 19.1. The van der Waals surface area contributed by atoms with Crippen molar-refractivity contribution < 1.29 is 14.3 Å². The van der Waals surface area contributed by atoms with Crippen molar-refractivity contribution in [2.75, 3.05) is 11.9 Å². The van der Waals surface area contributed by atoms with Crippen molar-refractivity contribution in [3.05, 3.63) is 65.5 Å². The molecule has 0 saturated carbocycles. The van der Waals surface area contributed by atoms with Crippen molar-refractivity contribution in [3.8, 4) is 6.07 Å². The molecule has 0 aliphatic heterocycles. The fourth-order valence-corrected chi connectivity index (χ4v) is 2.32. The lowest BCUT2D eigenvalue weighted by molar-refractivity contribution is 0.244. The summed E-state index contributed by atoms with van der Waals surface area (Å²) in [6.45, 7) is 0.0378. The maximum Gasteiger partial charge on any atom is 0.319 e. The minimum absolute atomic E-state index is 0.0378. The predicted octanol–water partition coefficient (Wildman–Crippen LogP) is 3.33. The van der Waals surface area contributed by atoms with E-state index in [9.17, 15) is 9.18 Å². The molecule has 6 heteroatoms. The summed E-state index contributed by atoms with van der Waals surface area (Å²) < 4.78 is 13.3. The smallest absolute Gasteiger partial charge is 0.319 e. The van der Waals surface area contributed by atoms with Gasteiger partial charge in [-0.3, -0.25) is 0 Å². The van der Waals surface area contributed by atoms with Gasteiger partial charge in [-0.1, -0.05) is 30.3 Å². The van der Waals surface area contributed by atoms with Crippen LogP contribution in [0.5, 0.6) is 0 Å². The van der Waals surface area contributed by atoms with Crippen LogP contribution in [-0.4, -0.2) is 17.7 Å². The molecule has 0 saturated heterocycles. The maximum absolute atomic E-state index is 13.3. The second-order valence-corrected chi connectivity index (χ2v) is 5.23. The van der Waals surface area contributed by atoms with Crippen LogP contribution in [0.2, 0.25) is 0 Å². The normalized spacial score (nSPS) is 11.4. The number of nitrogens with zero attached hydrogens (tertiary/aromatic N) is 1. The standard InChI is InChI=1S/C18H18FN3O2/c19-16-9-8-15(11-14(16)12-20)21-18(24)22-17(7-4-10-23)13-5-2-1-3-6-13/h1-3,5-6,8-9,11,17,23H,4,7,10H2,(H2,21,22,24). The van der Waals surface area contributed by atoms with Crippen LogP contribution in [0.1, 0.15) is 30.0 Å². The zero-order valence-electron chi connectivity index (χ0n) is 13.0. The third kappa shape index (κ3) is 4.80. The number of halogens is 1. The Morgan fingerprint density at radius 1 is 1.25 bits per heavy atom. The Labute approximate surface area is 139 Å². The van der Waals surface area contributed by atoms with Crippen LogP contribution in [0.15, 0.2) is 48.5 Å². The molecule has 2 aromatic rings. The molecule has 2 rings (SSSR count). The van der Waals surface area contributed by atoms with Crippen LogP contribution in [0.4, 0.5) is 14.9 Å². The molecular formula is C18H18FN3O2. The Morgan fingerprint density at radius 3 is 2.67 bits per heavy atom. The average Bonchev–Trinajstić information content (AvgIpc) is 2.61. The third-order valence-electron chi connectivity index (χ3n) is 3.50. The topological polar surface area (TPSA) is 85.2 Å². The van der Waals surface area contributed by atoms with E-state index in [1.54, 1.807) is 6.07 Å². The fourth-order valence-electron chi connectivity index (χ4n) is 2.32. The molecule has 0 aromatic heterocycles. The molecule has 24 heavy (non-hydrogen) atoms. The molecular weight excluding hydrogens is 309 g/mol. The number of amides is 2. The molecule has 0 aliphatic rings. The van der Waals surface area contributed by atoms with Crippen LogP contribution < -0.4 is 10.6 Å². The summed E-state index contributed by atoms with van der Waals surface area (Å²) in [5, 5.41) is 23.3. The highest BCUT2D eigenvalue weighted by Crippen LogP contribution is 2.19. The number of carbonyl (C=O) groups excluding carboxylic acids is 1. The van der Waals surface area contributed by atoms with Crippen molar-refractivity contribution in [2.45, 2.75) is 18.9 Å². The number of hydrogen-bond donors (Lipinski definition) is 3. The van der Waals surface area contributed by atoms with Gasteiger partial charge in [-0.25, -0.2) is 9.18 Å². The van der Waals surface area contributed by atoms with Gasteiger partial charge in [0.2, 0.25) is 0 Å². The minimum Gasteiger partial charge on any atom is -0.396 e. The van der Waals surface area contributed by atoms with Crippen LogP contribution in [0.3, 0.4) is 0 Å². The van der Waals surface area contributed by atoms with E-state index in [1.807, 2.05) is 30.3 Å². The molecule has 2 amide bonds. The van der Waals surface area contributed by atoms with Crippen LogP contribution >= 0.6 is 0 Å². The van der Waals surface area contributed by atoms with E-state index in [-0.39, 0.29) is 18.2 Å². The zero-order chi connectivity index (χ0) is 17.4. The van der Waals surface area contributed by atoms with E-state index in [1.165, 1.54) is 12.1 Å². The van der Waals surface area contributed by atoms with Crippen molar-refractivity contribution in [3.63, 3.8) is 0 Å². The number of aliphatic hydroxyl groups is 1. The van der Waals surface area contributed by atoms with Gasteiger partial charge in [0.25, 0.3) is 0 Å². The lowest BCUT2D eigenvalue weighted by atomic mass is 10.0. The second-order valence-electron chi connectivity index (χ2n) is 5.23. The highest BCUT2D eigenvalue weighted by molar-refractivity contribution is 5.89. The van der Waals surface area contributed by atoms with Gasteiger partial charge in [-0.2, -0.15) is 5.26 Å². The monoisotopic (exact) mass is 327 g/mol. The van der Waals surface area contributed by atoms with Crippen LogP contribution in [0, 0.1) is 17.1 Å². The van der Waals surface area contributed by atoms with Crippen molar-refractivity contribution in [2.24, 2.45) is 0 Å². The Hall–Kier alpha value is -2.91. The largest absolute Gasteiger partial charge is 0.396 e. The number of urea groups is 1. The lowest BCUT2D eigenvalue weighted by Crippen LogP contribution is -2.32. The molecule has 0 aliphatic carbocycles. The molecule has 0 fully saturated rings. The summed E-state index contributed by atoms with van der Waals surface area (Å²) in [5.41, 5.74) is 1.13. The van der Waals surface area contributed by atoms with Gasteiger partial charge in [0, 0.05) is 12.3 Å². The lowest BCUT2D eigenvalue weighted by Gasteiger charge is -2.19. The number of nitriles is 1. The summed E-state index contributed by atoms with van der Waals surface area (Å²) in [7, 11) is 0. The summed E-state index contributed by atoms with van der Waals surface area (Å²) in [6.07, 6.45) is 1.13. The maximum atomic E-state index is 13.3. The van der Waals surface area contributed by atoms with Gasteiger partial charge in [0.05, 0.1) is 11.6 Å². The number of anilines is 1. The van der Waals surface area contributed by atoms with Crippen molar-refractivity contribution >= 4 is 11.7 Å². The minimum atomic E-state index is -0.631. The average molecular weight is 327 g/mol. The second kappa shape index (κ2) is 8.65. The summed E-state index contributed by atoms with van der Waals surface area (Å²) in [6, 6.07) is 14.2. The first kappa shape index (κ1) is 17.4. The van der Waals surface area contributed by atoms with Crippen LogP contribution in [-0.2, 0) is 0 Å². The van der Waals surface area contributed by atoms with E-state index >= 15 is 0 Å². The fraction of sp³-hybridized carbons (Fsp3) is 0.222. The molecule has 5 nitrogen and oxygen atoms in total. The molecule has 1 unspecified atom stereocenters. The molecule has 0 bridgehead atoms. The molecule has 124 valence electrons. The Balaban J connectivity index is 2.06. The molecule has 0 spiro atoms. The van der Waals surface area contributed by atoms with E-state index in [0.29, 0.717) is 18.5 Å². The summed E-state index contributed by atoms with van der Waals surface area (Å²) >= 11 is 0. The molecule has 2 aromatic carbocycles. The highest BCUT2D eigenvalue weighted by Gasteiger charge is 2.14. The van der Waals surface area contributed by atoms with Gasteiger partial charge < -0.3 is 15.7 Å². The van der Waals surface area contributed by atoms with Gasteiger partial charge in [-0.05, 0) is 36.6 Å². The van der Waals surface area contributed by atoms with E-state index in [0.717, 1.165) is 11.6 Å². The first-order chi connectivity index (χ1) is 11.6. The molecule has 0 heterocycles. The zero-order valence-corrected chi connectivity index (χ0v) is 13.0. The Bertz CT molecular complexity index is 729. The number of aliphatic hydroxyl groups excluding tert-OH is 1. The number of benzene rings is 2. The van der Waals surface area contributed by atoms with Gasteiger partial charge >= 0.3 is 6.03 Å². The summed E-state index contributed by atoms with van der Waals surface area (Å²) in [4.78, 5) is 12.2. The Kier molecular flexibility index (Phi) is 6.29. The summed E-state index contributed by atoms with van der Waals surface area (Å²) in [5.74, 6) is -0.631. The molecule has 1 atom stereocenters.